The van der Waals surface area contributed by atoms with Crippen molar-refractivity contribution in [3.05, 3.63) is 20.8 Å². The number of ether oxygens (including phenoxy) is 1. The van der Waals surface area contributed by atoms with Crippen molar-refractivity contribution >= 4 is 39.2 Å². The van der Waals surface area contributed by atoms with E-state index >= 15 is 0 Å². The van der Waals surface area contributed by atoms with Gasteiger partial charge in [-0.05, 0) is 51.0 Å². The third-order valence-electron chi connectivity index (χ3n) is 5.24. The number of nitrogens with one attached hydrogen (secondary N) is 1. The Kier molecular flexibility index (Phi) is 5.85. The minimum absolute atomic E-state index is 0.0435. The highest BCUT2D eigenvalue weighted by Gasteiger charge is 2.22. The smallest absolute Gasteiger partial charge is 0.263 e. The van der Waals surface area contributed by atoms with Crippen molar-refractivity contribution in [3.63, 3.8) is 0 Å². The first kappa shape index (κ1) is 19.0. The first-order valence-electron chi connectivity index (χ1n) is 9.73. The van der Waals surface area contributed by atoms with Crippen LogP contribution in [0.15, 0.2) is 9.95 Å². The molecular formula is C19H25N3O3S2. The molecule has 2 aliphatic rings. The minimum atomic E-state index is -0.0435. The average Bonchev–Trinajstić information content (AvgIpc) is 3.32. The van der Waals surface area contributed by atoms with E-state index in [9.17, 15) is 9.59 Å². The molecule has 1 unspecified atom stereocenters. The van der Waals surface area contributed by atoms with Crippen LogP contribution < -0.4 is 10.9 Å². The number of hydrogen-bond acceptors (Lipinski definition) is 6. The van der Waals surface area contributed by atoms with Crippen molar-refractivity contribution in [3.8, 4) is 0 Å². The summed E-state index contributed by atoms with van der Waals surface area (Å²) >= 11 is 3.00. The monoisotopic (exact) mass is 407 g/mol. The highest BCUT2D eigenvalue weighted by Crippen LogP contribution is 2.34. The number of aromatic nitrogens is 2. The van der Waals surface area contributed by atoms with Gasteiger partial charge >= 0.3 is 0 Å². The third kappa shape index (κ3) is 3.93. The summed E-state index contributed by atoms with van der Waals surface area (Å²) in [6.07, 6.45) is 6.57. The Hall–Kier alpha value is -1.38. The molecule has 1 amide bonds. The van der Waals surface area contributed by atoms with E-state index < -0.39 is 0 Å². The Morgan fingerprint density at radius 2 is 2.22 bits per heavy atom. The maximum atomic E-state index is 13.1. The summed E-state index contributed by atoms with van der Waals surface area (Å²) in [4.78, 5) is 32.2. The molecule has 1 aliphatic heterocycles. The molecule has 0 spiro atoms. The molecule has 1 saturated heterocycles. The second-order valence-electron chi connectivity index (χ2n) is 7.06. The van der Waals surface area contributed by atoms with E-state index in [-0.39, 0.29) is 23.3 Å². The van der Waals surface area contributed by atoms with Crippen LogP contribution in [0.3, 0.4) is 0 Å². The fourth-order valence-corrected chi connectivity index (χ4v) is 6.02. The quantitative estimate of drug-likeness (QED) is 0.589. The lowest BCUT2D eigenvalue weighted by atomic mass is 9.97. The molecule has 0 bridgehead atoms. The molecule has 1 fully saturated rings. The number of thioether (sulfide) groups is 1. The van der Waals surface area contributed by atoms with Crippen LogP contribution in [0.1, 0.15) is 43.0 Å². The van der Waals surface area contributed by atoms with Crippen LogP contribution in [0.2, 0.25) is 0 Å². The van der Waals surface area contributed by atoms with Gasteiger partial charge in [0.15, 0.2) is 5.16 Å². The number of thiophene rings is 1. The topological polar surface area (TPSA) is 73.2 Å². The number of amides is 1. The van der Waals surface area contributed by atoms with E-state index in [4.69, 9.17) is 9.72 Å². The van der Waals surface area contributed by atoms with Gasteiger partial charge in [-0.3, -0.25) is 14.2 Å². The number of aryl methyl sites for hydroxylation is 2. The van der Waals surface area contributed by atoms with Crippen LogP contribution in [0.5, 0.6) is 0 Å². The van der Waals surface area contributed by atoms with Crippen LogP contribution in [0, 0.1) is 0 Å². The van der Waals surface area contributed by atoms with Gasteiger partial charge in [0.25, 0.3) is 5.56 Å². The van der Waals surface area contributed by atoms with Gasteiger partial charge in [0.1, 0.15) is 4.83 Å². The number of rotatable bonds is 6. The van der Waals surface area contributed by atoms with E-state index in [1.54, 1.807) is 15.9 Å². The molecule has 3 heterocycles. The molecule has 8 heteroatoms. The summed E-state index contributed by atoms with van der Waals surface area (Å²) in [6.45, 7) is 3.86. The van der Waals surface area contributed by atoms with Crippen LogP contribution in [0.25, 0.3) is 10.2 Å². The molecule has 1 N–H and O–H groups in total. The molecular weight excluding hydrogens is 382 g/mol. The maximum Gasteiger partial charge on any atom is 0.263 e. The summed E-state index contributed by atoms with van der Waals surface area (Å²) in [5, 5.41) is 4.38. The lowest BCUT2D eigenvalue weighted by Crippen LogP contribution is -2.33. The van der Waals surface area contributed by atoms with Crippen LogP contribution in [-0.4, -0.2) is 40.5 Å². The van der Waals surface area contributed by atoms with Crippen molar-refractivity contribution in [2.75, 3.05) is 18.9 Å². The fourth-order valence-electron chi connectivity index (χ4n) is 3.82. The van der Waals surface area contributed by atoms with E-state index in [1.807, 2.05) is 6.92 Å². The van der Waals surface area contributed by atoms with Crippen LogP contribution in [0.4, 0.5) is 0 Å². The standard InChI is InChI=1S/C19H25N3O3S2/c1-2-22-18(24)16-13-7-3-4-8-14(13)27-17(16)21-19(22)26-11-15(23)20-10-12-6-5-9-25-12/h12H,2-11H2,1H3,(H,20,23). The molecule has 2 aromatic rings. The maximum absolute atomic E-state index is 13.1. The Bertz CT molecular complexity index is 900. The zero-order chi connectivity index (χ0) is 18.8. The number of carbonyl (C=O) groups excluding carboxylic acids is 1. The SMILES string of the molecule is CCn1c(SCC(=O)NCC2CCCO2)nc2sc3c(c2c1=O)CCCC3. The van der Waals surface area contributed by atoms with E-state index in [0.717, 1.165) is 48.9 Å². The van der Waals surface area contributed by atoms with Gasteiger partial charge < -0.3 is 10.1 Å². The predicted octanol–water partition coefficient (Wildman–Crippen LogP) is 2.74. The van der Waals surface area contributed by atoms with Crippen LogP contribution >= 0.6 is 23.1 Å². The highest BCUT2D eigenvalue weighted by atomic mass is 32.2. The lowest BCUT2D eigenvalue weighted by Gasteiger charge is -2.13. The Balaban J connectivity index is 1.51. The average molecular weight is 408 g/mol. The number of fused-ring (bicyclic) bond motifs is 3. The summed E-state index contributed by atoms with van der Waals surface area (Å²) in [5.74, 6) is 0.216. The van der Waals surface area contributed by atoms with E-state index in [2.05, 4.69) is 5.32 Å². The van der Waals surface area contributed by atoms with E-state index in [0.29, 0.717) is 18.2 Å². The molecule has 146 valence electrons. The van der Waals surface area contributed by atoms with Crippen molar-refractivity contribution < 1.29 is 9.53 Å². The van der Waals surface area contributed by atoms with E-state index in [1.165, 1.54) is 28.6 Å². The molecule has 2 aromatic heterocycles. The van der Waals surface area contributed by atoms with Crippen LogP contribution in [-0.2, 0) is 28.9 Å². The number of hydrogen-bond donors (Lipinski definition) is 1. The summed E-state index contributed by atoms with van der Waals surface area (Å²) < 4.78 is 7.24. The Morgan fingerprint density at radius 3 is 3.00 bits per heavy atom. The summed E-state index contributed by atoms with van der Waals surface area (Å²) in [7, 11) is 0. The molecule has 27 heavy (non-hydrogen) atoms. The van der Waals surface area contributed by atoms with Gasteiger partial charge in [0.2, 0.25) is 5.91 Å². The van der Waals surface area contributed by atoms with Gasteiger partial charge in [-0.15, -0.1) is 11.3 Å². The zero-order valence-corrected chi connectivity index (χ0v) is 17.2. The molecule has 6 nitrogen and oxygen atoms in total. The second kappa shape index (κ2) is 8.32. The molecule has 0 saturated carbocycles. The fraction of sp³-hybridized carbons (Fsp3) is 0.632. The Morgan fingerprint density at radius 1 is 1.37 bits per heavy atom. The van der Waals surface area contributed by atoms with Crippen molar-refractivity contribution in [2.24, 2.45) is 0 Å². The second-order valence-corrected chi connectivity index (χ2v) is 9.09. The molecule has 1 aliphatic carbocycles. The van der Waals surface area contributed by atoms with Gasteiger partial charge in [-0.25, -0.2) is 4.98 Å². The van der Waals surface area contributed by atoms with Gasteiger partial charge in [0, 0.05) is 24.6 Å². The first-order valence-corrected chi connectivity index (χ1v) is 11.5. The first-order chi connectivity index (χ1) is 13.2. The molecule has 0 radical (unpaired) electrons. The summed E-state index contributed by atoms with van der Waals surface area (Å²) in [5.41, 5.74) is 1.26. The highest BCUT2D eigenvalue weighted by molar-refractivity contribution is 7.99. The van der Waals surface area contributed by atoms with Crippen molar-refractivity contribution in [1.82, 2.24) is 14.9 Å². The largest absolute Gasteiger partial charge is 0.376 e. The van der Waals surface area contributed by atoms with Gasteiger partial charge in [0.05, 0.1) is 17.2 Å². The van der Waals surface area contributed by atoms with Gasteiger partial charge in [-0.1, -0.05) is 11.8 Å². The minimum Gasteiger partial charge on any atom is -0.376 e. The predicted molar refractivity (Wildman–Crippen MR) is 109 cm³/mol. The molecule has 4 rings (SSSR count). The summed E-state index contributed by atoms with van der Waals surface area (Å²) in [6, 6.07) is 0. The third-order valence-corrected chi connectivity index (χ3v) is 7.40. The van der Waals surface area contributed by atoms with Gasteiger partial charge in [-0.2, -0.15) is 0 Å². The lowest BCUT2D eigenvalue weighted by molar-refractivity contribution is -0.119. The number of carbonyl (C=O) groups is 1. The number of nitrogens with zero attached hydrogens (tertiary/aromatic N) is 2. The van der Waals surface area contributed by atoms with Crippen molar-refractivity contribution in [1.29, 1.82) is 0 Å². The van der Waals surface area contributed by atoms with Crippen molar-refractivity contribution in [2.45, 2.75) is 63.3 Å². The normalized spacial score (nSPS) is 19.4. The Labute approximate surface area is 166 Å². The molecule has 1 atom stereocenters. The zero-order valence-electron chi connectivity index (χ0n) is 15.6. The molecule has 0 aromatic carbocycles.